The van der Waals surface area contributed by atoms with Gasteiger partial charge in [-0.05, 0) is 183 Å². The fourth-order valence-corrected chi connectivity index (χ4v) is 16.4. The molecule has 0 aliphatic heterocycles. The van der Waals surface area contributed by atoms with Crippen LogP contribution in [-0.2, 0) is 31.5 Å². The largest absolute Gasteiger partial charge is 0.418 e. The molecule has 362 valence electrons. The van der Waals surface area contributed by atoms with Gasteiger partial charge in [-0.15, -0.1) is 0 Å². The Morgan fingerprint density at radius 2 is 1.03 bits per heavy atom. The van der Waals surface area contributed by atoms with Crippen molar-refractivity contribution in [2.24, 2.45) is 69.0 Å². The number of alkyl halides is 6. The van der Waals surface area contributed by atoms with Crippen LogP contribution in [0.1, 0.15) is 142 Å². The quantitative estimate of drug-likeness (QED) is 0.310. The summed E-state index contributed by atoms with van der Waals surface area (Å²) < 4.78 is 81.1. The Kier molecular flexibility index (Phi) is 12.2. The van der Waals surface area contributed by atoms with E-state index in [1.54, 1.807) is 6.07 Å². The summed E-state index contributed by atoms with van der Waals surface area (Å²) in [7, 11) is 1.49. The highest BCUT2D eigenvalue weighted by Crippen LogP contribution is 2.68. The van der Waals surface area contributed by atoms with Gasteiger partial charge < -0.3 is 10.2 Å². The van der Waals surface area contributed by atoms with Gasteiger partial charge in [0.1, 0.15) is 0 Å². The molecule has 8 aliphatic carbocycles. The van der Waals surface area contributed by atoms with Crippen molar-refractivity contribution >= 4 is 34.8 Å². The lowest BCUT2D eigenvalue weighted by Crippen LogP contribution is -2.52. The van der Waals surface area contributed by atoms with Gasteiger partial charge in [-0.3, -0.25) is 19.2 Å². The van der Waals surface area contributed by atoms with Crippen LogP contribution < -0.4 is 10.2 Å². The van der Waals surface area contributed by atoms with E-state index in [-0.39, 0.29) is 68.3 Å². The number of nitrogens with one attached hydrogen (secondary N) is 1. The van der Waals surface area contributed by atoms with Crippen LogP contribution in [0.3, 0.4) is 0 Å². The highest BCUT2D eigenvalue weighted by molar-refractivity contribution is 5.96. The van der Waals surface area contributed by atoms with Crippen LogP contribution in [0.15, 0.2) is 71.8 Å². The fourth-order valence-electron chi connectivity index (χ4n) is 16.4. The van der Waals surface area contributed by atoms with Gasteiger partial charge in [0.25, 0.3) is 0 Å². The van der Waals surface area contributed by atoms with Gasteiger partial charge in [0.2, 0.25) is 11.8 Å². The second-order valence-corrected chi connectivity index (χ2v) is 22.7. The van der Waals surface area contributed by atoms with Crippen molar-refractivity contribution in [3.05, 3.63) is 83.0 Å². The Balaban J connectivity index is 0.000000168. The van der Waals surface area contributed by atoms with Crippen molar-refractivity contribution in [2.75, 3.05) is 17.3 Å². The monoisotopic (exact) mass is 932 g/mol. The summed E-state index contributed by atoms with van der Waals surface area (Å²) in [5.41, 5.74) is 0.626. The zero-order chi connectivity index (χ0) is 48.1. The minimum absolute atomic E-state index is 0.0624. The van der Waals surface area contributed by atoms with E-state index in [0.717, 1.165) is 102 Å². The number of rotatable bonds is 4. The number of hydrogen-bond donors (Lipinski definition) is 1. The molecule has 0 heterocycles. The SMILES string of the molecule is CN(C(=O)[C@H]1CCC2C3CCC4=CC(=O)CC[C@]4(C)C3CC[C@@]21C)c1ccccc1C(F)(F)F.C[C@]12CCC(=O)C=C1CCC1C2CC[C@@]2(C)C1CC[C@@H]2C(=O)Nc1ccccc1C(F)(F)F. The average Bonchev–Trinajstić information content (AvgIpc) is 3.83. The first kappa shape index (κ1) is 47.8. The lowest BCUT2D eigenvalue weighted by Gasteiger charge is -2.58. The van der Waals surface area contributed by atoms with Crippen LogP contribution >= 0.6 is 0 Å². The van der Waals surface area contributed by atoms with Gasteiger partial charge >= 0.3 is 12.4 Å². The van der Waals surface area contributed by atoms with Crippen LogP contribution in [0.2, 0.25) is 0 Å². The fraction of sp³-hybridized carbons (Fsp3) is 0.636. The van der Waals surface area contributed by atoms with Crippen molar-refractivity contribution in [2.45, 2.75) is 143 Å². The van der Waals surface area contributed by atoms with Gasteiger partial charge in [0, 0.05) is 31.7 Å². The molecule has 67 heavy (non-hydrogen) atoms. The molecule has 6 saturated carbocycles. The Morgan fingerprint density at radius 1 is 0.567 bits per heavy atom. The predicted octanol–water partition coefficient (Wildman–Crippen LogP) is 13.6. The minimum Gasteiger partial charge on any atom is -0.325 e. The lowest BCUT2D eigenvalue weighted by atomic mass is 9.47. The van der Waals surface area contributed by atoms with Gasteiger partial charge in [0.15, 0.2) is 11.6 Å². The normalized spacial score (nSPS) is 37.7. The van der Waals surface area contributed by atoms with Gasteiger partial charge in [-0.1, -0.05) is 63.1 Å². The molecular formula is C55H66F6N2O4. The zero-order valence-corrected chi connectivity index (χ0v) is 39.6. The number of ketones is 2. The van der Waals surface area contributed by atoms with E-state index in [4.69, 9.17) is 0 Å². The third kappa shape index (κ3) is 8.03. The number of anilines is 2. The number of fused-ring (bicyclic) bond motifs is 10. The van der Waals surface area contributed by atoms with Crippen LogP contribution in [-0.4, -0.2) is 30.4 Å². The first-order valence-electron chi connectivity index (χ1n) is 24.9. The summed E-state index contributed by atoms with van der Waals surface area (Å²) in [5.74, 6) is 2.38. The van der Waals surface area contributed by atoms with E-state index < -0.39 is 23.5 Å². The molecule has 10 rings (SSSR count). The summed E-state index contributed by atoms with van der Waals surface area (Å²) in [6.07, 6.45) is 9.10. The second kappa shape index (κ2) is 17.0. The Labute approximate surface area is 391 Å². The van der Waals surface area contributed by atoms with Crippen molar-refractivity contribution in [3.63, 3.8) is 0 Å². The molecule has 2 aromatic rings. The topological polar surface area (TPSA) is 83.6 Å². The van der Waals surface area contributed by atoms with Crippen LogP contribution in [0.5, 0.6) is 0 Å². The highest BCUT2D eigenvalue weighted by atomic mass is 19.4. The number of nitrogens with zero attached hydrogens (tertiary/aromatic N) is 1. The Hall–Kier alpha value is -4.22. The molecule has 0 aromatic heterocycles. The molecule has 2 aromatic carbocycles. The van der Waals surface area contributed by atoms with Crippen molar-refractivity contribution in [1.82, 2.24) is 0 Å². The predicted molar refractivity (Wildman–Crippen MR) is 245 cm³/mol. The molecule has 6 unspecified atom stereocenters. The third-order valence-corrected chi connectivity index (χ3v) is 19.9. The van der Waals surface area contributed by atoms with E-state index in [1.807, 2.05) is 12.2 Å². The molecular weight excluding hydrogens is 867 g/mol. The van der Waals surface area contributed by atoms with E-state index in [2.05, 4.69) is 33.0 Å². The van der Waals surface area contributed by atoms with E-state index >= 15 is 0 Å². The standard InChI is InChI=1S/C28H34F3NO2.C27H32F3NO2/c1-26-14-12-18(33)16-17(26)8-9-19-20-10-11-23(27(20,2)15-13-21(19)26)25(34)32(3)24-7-5-4-6-22(24)28(29,30)31;1-25-13-11-17(32)15-16(25)7-8-18-19-9-10-22(26(19,2)14-12-20(18)25)24(33)31-23-6-4-3-5-21(23)27(28,29)30/h4-7,16,19-21,23H,8-15H2,1-3H3;3-6,15,18-20,22H,7-14H2,1-2H3,(H,31,33)/t19?,20?,21?,23-,26+,27+;18?,19?,20?,22-,25+,26+/m11/s1. The summed E-state index contributed by atoms with van der Waals surface area (Å²) in [6, 6.07) is 10.6. The molecule has 0 bridgehead atoms. The summed E-state index contributed by atoms with van der Waals surface area (Å²) >= 11 is 0. The number of allylic oxidation sites excluding steroid dienone is 2. The molecule has 0 spiro atoms. The minimum atomic E-state index is -4.51. The molecule has 1 N–H and O–H groups in total. The maximum atomic E-state index is 13.7. The number of para-hydroxylation sites is 2. The van der Waals surface area contributed by atoms with E-state index in [9.17, 15) is 45.5 Å². The molecule has 12 heteroatoms. The van der Waals surface area contributed by atoms with Crippen molar-refractivity contribution in [3.8, 4) is 0 Å². The van der Waals surface area contributed by atoms with E-state index in [0.29, 0.717) is 48.3 Å². The number of amides is 2. The summed E-state index contributed by atoms with van der Waals surface area (Å²) in [5, 5.41) is 2.64. The van der Waals surface area contributed by atoms with Gasteiger partial charge in [0.05, 0.1) is 22.5 Å². The van der Waals surface area contributed by atoms with Crippen molar-refractivity contribution in [1.29, 1.82) is 0 Å². The molecule has 6 nitrogen and oxygen atoms in total. The summed E-state index contributed by atoms with van der Waals surface area (Å²) in [4.78, 5) is 52.3. The first-order chi connectivity index (χ1) is 31.5. The van der Waals surface area contributed by atoms with Crippen LogP contribution in [0.25, 0.3) is 0 Å². The summed E-state index contributed by atoms with van der Waals surface area (Å²) in [6.45, 7) is 9.08. The molecule has 8 aliphatic rings. The molecule has 0 saturated heterocycles. The molecule has 0 radical (unpaired) electrons. The van der Waals surface area contributed by atoms with Crippen LogP contribution in [0, 0.1) is 69.0 Å². The van der Waals surface area contributed by atoms with Crippen molar-refractivity contribution < 1.29 is 45.5 Å². The Morgan fingerprint density at radius 3 is 1.55 bits per heavy atom. The highest BCUT2D eigenvalue weighted by Gasteiger charge is 2.62. The molecule has 2 amide bonds. The van der Waals surface area contributed by atoms with E-state index in [1.165, 1.54) is 53.4 Å². The maximum absolute atomic E-state index is 13.7. The maximum Gasteiger partial charge on any atom is 0.418 e. The van der Waals surface area contributed by atoms with Gasteiger partial charge in [-0.25, -0.2) is 0 Å². The number of hydrogen-bond acceptors (Lipinski definition) is 4. The number of halogens is 6. The van der Waals surface area contributed by atoms with Crippen LogP contribution in [0.4, 0.5) is 37.7 Å². The Bertz CT molecular complexity index is 2390. The molecule has 6 fully saturated rings. The smallest absolute Gasteiger partial charge is 0.325 e. The molecule has 12 atom stereocenters. The second-order valence-electron chi connectivity index (χ2n) is 22.7. The third-order valence-electron chi connectivity index (χ3n) is 19.9. The van der Waals surface area contributed by atoms with Gasteiger partial charge in [-0.2, -0.15) is 26.3 Å². The average molecular weight is 933 g/mol. The number of benzene rings is 2. The number of carbonyl (C=O) groups excluding carboxylic acids is 4. The zero-order valence-electron chi connectivity index (χ0n) is 39.6. The first-order valence-corrected chi connectivity index (χ1v) is 24.9. The lowest BCUT2D eigenvalue weighted by molar-refractivity contribution is -0.138. The number of carbonyl (C=O) groups is 4.